The highest BCUT2D eigenvalue weighted by molar-refractivity contribution is 9.10. The first-order chi connectivity index (χ1) is 14.6. The van der Waals surface area contributed by atoms with E-state index in [2.05, 4.69) is 36.8 Å². The summed E-state index contributed by atoms with van der Waals surface area (Å²) in [4.78, 5) is 18.4. The third-order valence-electron chi connectivity index (χ3n) is 3.97. The quantitative estimate of drug-likeness (QED) is 0.214. The molecule has 0 aliphatic carbocycles. The molecule has 4 aromatic rings. The third kappa shape index (κ3) is 5.14. The fraction of sp³-hybridized carbons (Fsp3) is 0. The zero-order valence-corrected chi connectivity index (χ0v) is 19.3. The van der Waals surface area contributed by atoms with Crippen LogP contribution in [-0.2, 0) is 0 Å². The summed E-state index contributed by atoms with van der Waals surface area (Å²) >= 11 is 12.3. The zero-order chi connectivity index (χ0) is 20.9. The van der Waals surface area contributed by atoms with E-state index in [-0.39, 0.29) is 5.91 Å². The lowest BCUT2D eigenvalue weighted by atomic mass is 10.1. The van der Waals surface area contributed by atoms with Gasteiger partial charge in [-0.2, -0.15) is 5.10 Å². The normalized spacial score (nSPS) is 11.0. The van der Waals surface area contributed by atoms with Crippen molar-refractivity contribution in [3.05, 3.63) is 86.0 Å². The first-order valence-electron chi connectivity index (χ1n) is 8.75. The lowest BCUT2D eigenvalue weighted by molar-refractivity contribution is 0.102. The van der Waals surface area contributed by atoms with Gasteiger partial charge in [0.15, 0.2) is 0 Å². The number of hydrogen-bond donors (Lipinski definition) is 2. The average molecular weight is 518 g/mol. The molecule has 5 nitrogen and oxygen atoms in total. The fourth-order valence-corrected chi connectivity index (χ4v) is 4.36. The molecular formula is C21H14BrClN4OS2. The lowest BCUT2D eigenvalue weighted by Crippen LogP contribution is -2.11. The van der Waals surface area contributed by atoms with E-state index in [0.29, 0.717) is 26.4 Å². The standard InChI is InChI=1S/C21H14BrClN4OS2/c22-15-7-3-14(4-8-15)19(28)26-20-18(13-5-9-16(23)10-6-13)25-21(30-20)27-24-12-17-2-1-11-29-17/h1-12H,(H,25,27)(H,26,28)/b24-12-. The van der Waals surface area contributed by atoms with Crippen LogP contribution in [0.15, 0.2) is 75.6 Å². The highest BCUT2D eigenvalue weighted by atomic mass is 79.9. The van der Waals surface area contributed by atoms with Crippen LogP contribution in [0, 0.1) is 0 Å². The van der Waals surface area contributed by atoms with Crippen molar-refractivity contribution in [1.82, 2.24) is 4.98 Å². The second kappa shape index (κ2) is 9.53. The predicted octanol–water partition coefficient (Wildman–Crippen LogP) is 6.99. The number of aromatic nitrogens is 1. The van der Waals surface area contributed by atoms with Gasteiger partial charge in [-0.3, -0.25) is 10.2 Å². The molecule has 0 radical (unpaired) electrons. The molecule has 2 aromatic heterocycles. The number of anilines is 2. The maximum Gasteiger partial charge on any atom is 0.256 e. The van der Waals surface area contributed by atoms with E-state index in [4.69, 9.17) is 11.6 Å². The van der Waals surface area contributed by atoms with Gasteiger partial charge >= 0.3 is 0 Å². The zero-order valence-electron chi connectivity index (χ0n) is 15.3. The van der Waals surface area contributed by atoms with Crippen LogP contribution in [0.5, 0.6) is 0 Å². The smallest absolute Gasteiger partial charge is 0.256 e. The Balaban J connectivity index is 1.61. The van der Waals surface area contributed by atoms with E-state index >= 15 is 0 Å². The molecule has 1 amide bonds. The van der Waals surface area contributed by atoms with E-state index in [1.807, 2.05) is 41.8 Å². The Labute approximate surface area is 194 Å². The Morgan fingerprint density at radius 3 is 2.57 bits per heavy atom. The van der Waals surface area contributed by atoms with Crippen LogP contribution < -0.4 is 10.7 Å². The summed E-state index contributed by atoms with van der Waals surface area (Å²) in [6.07, 6.45) is 1.73. The third-order valence-corrected chi connectivity index (χ3v) is 6.44. The van der Waals surface area contributed by atoms with Crippen molar-refractivity contribution in [2.75, 3.05) is 10.7 Å². The van der Waals surface area contributed by atoms with Crippen LogP contribution >= 0.6 is 50.2 Å². The number of nitrogens with zero attached hydrogens (tertiary/aromatic N) is 2. The van der Waals surface area contributed by atoms with Crippen molar-refractivity contribution in [3.63, 3.8) is 0 Å². The monoisotopic (exact) mass is 516 g/mol. The molecular weight excluding hydrogens is 504 g/mol. The molecule has 2 N–H and O–H groups in total. The second-order valence-electron chi connectivity index (χ2n) is 6.05. The number of benzene rings is 2. The molecule has 0 fully saturated rings. The Morgan fingerprint density at radius 2 is 1.87 bits per heavy atom. The Hall–Kier alpha value is -2.52. The summed E-state index contributed by atoms with van der Waals surface area (Å²) in [6.45, 7) is 0. The SMILES string of the molecule is O=C(Nc1sc(N/N=C\c2cccs2)nc1-c1ccc(Cl)cc1)c1ccc(Br)cc1. The van der Waals surface area contributed by atoms with Gasteiger partial charge in [-0.15, -0.1) is 11.3 Å². The summed E-state index contributed by atoms with van der Waals surface area (Å²) in [7, 11) is 0. The number of thiazole rings is 1. The summed E-state index contributed by atoms with van der Waals surface area (Å²) in [5.41, 5.74) is 4.99. The molecule has 0 aliphatic heterocycles. The molecule has 0 unspecified atom stereocenters. The summed E-state index contributed by atoms with van der Waals surface area (Å²) < 4.78 is 0.911. The van der Waals surface area contributed by atoms with Crippen molar-refractivity contribution in [1.29, 1.82) is 0 Å². The Bertz CT molecular complexity index is 1170. The summed E-state index contributed by atoms with van der Waals surface area (Å²) in [6, 6.07) is 18.4. The van der Waals surface area contributed by atoms with Crippen LogP contribution in [0.2, 0.25) is 5.02 Å². The second-order valence-corrected chi connectivity index (χ2v) is 9.38. The summed E-state index contributed by atoms with van der Waals surface area (Å²) in [5.74, 6) is -0.213. The lowest BCUT2D eigenvalue weighted by Gasteiger charge is -2.06. The van der Waals surface area contributed by atoms with Gasteiger partial charge in [0.25, 0.3) is 5.91 Å². The largest absolute Gasteiger partial charge is 0.312 e. The molecule has 2 heterocycles. The van der Waals surface area contributed by atoms with E-state index in [1.54, 1.807) is 41.8 Å². The van der Waals surface area contributed by atoms with Gasteiger partial charge in [0.2, 0.25) is 5.13 Å². The van der Waals surface area contributed by atoms with Crippen LogP contribution in [0.4, 0.5) is 10.1 Å². The van der Waals surface area contributed by atoms with E-state index < -0.39 is 0 Å². The van der Waals surface area contributed by atoms with Crippen molar-refractivity contribution >= 4 is 72.5 Å². The van der Waals surface area contributed by atoms with E-state index in [9.17, 15) is 4.79 Å². The fourth-order valence-electron chi connectivity index (χ4n) is 2.55. The molecule has 30 heavy (non-hydrogen) atoms. The topological polar surface area (TPSA) is 66.4 Å². The molecule has 0 atom stereocenters. The molecule has 2 aromatic carbocycles. The number of carbonyl (C=O) groups excluding carboxylic acids is 1. The van der Waals surface area contributed by atoms with Crippen LogP contribution in [0.3, 0.4) is 0 Å². The molecule has 4 rings (SSSR count). The number of hydrogen-bond acceptors (Lipinski definition) is 6. The highest BCUT2D eigenvalue weighted by Crippen LogP contribution is 2.36. The number of halogens is 2. The van der Waals surface area contributed by atoms with Crippen LogP contribution in [0.1, 0.15) is 15.2 Å². The average Bonchev–Trinajstić information content (AvgIpc) is 3.39. The van der Waals surface area contributed by atoms with Crippen molar-refractivity contribution in [2.24, 2.45) is 5.10 Å². The van der Waals surface area contributed by atoms with Gasteiger partial charge in [-0.05, 0) is 47.8 Å². The minimum atomic E-state index is -0.213. The number of hydrazone groups is 1. The molecule has 0 spiro atoms. The summed E-state index contributed by atoms with van der Waals surface area (Å²) in [5, 5.41) is 11.0. The minimum absolute atomic E-state index is 0.213. The molecule has 9 heteroatoms. The van der Waals surface area contributed by atoms with Gasteiger partial charge in [0.1, 0.15) is 10.7 Å². The number of rotatable bonds is 6. The van der Waals surface area contributed by atoms with Crippen molar-refractivity contribution in [2.45, 2.75) is 0 Å². The molecule has 0 bridgehead atoms. The van der Waals surface area contributed by atoms with Gasteiger partial charge in [0, 0.05) is 25.5 Å². The maximum absolute atomic E-state index is 12.7. The number of nitrogens with one attached hydrogen (secondary N) is 2. The number of thiophene rings is 1. The Kier molecular flexibility index (Phi) is 6.59. The van der Waals surface area contributed by atoms with Crippen LogP contribution in [-0.4, -0.2) is 17.1 Å². The van der Waals surface area contributed by atoms with Gasteiger partial charge in [-0.25, -0.2) is 4.98 Å². The van der Waals surface area contributed by atoms with E-state index in [0.717, 1.165) is 14.9 Å². The Morgan fingerprint density at radius 1 is 1.10 bits per heavy atom. The molecule has 0 aliphatic rings. The van der Waals surface area contributed by atoms with Gasteiger partial charge in [0.05, 0.1) is 6.21 Å². The van der Waals surface area contributed by atoms with Crippen molar-refractivity contribution in [3.8, 4) is 11.3 Å². The highest BCUT2D eigenvalue weighted by Gasteiger charge is 2.16. The predicted molar refractivity (Wildman–Crippen MR) is 130 cm³/mol. The maximum atomic E-state index is 12.7. The van der Waals surface area contributed by atoms with Crippen molar-refractivity contribution < 1.29 is 4.79 Å². The molecule has 0 saturated carbocycles. The molecule has 0 saturated heterocycles. The molecule has 150 valence electrons. The van der Waals surface area contributed by atoms with Gasteiger partial charge in [-0.1, -0.05) is 57.1 Å². The number of amides is 1. The minimum Gasteiger partial charge on any atom is -0.312 e. The van der Waals surface area contributed by atoms with Crippen LogP contribution in [0.25, 0.3) is 11.3 Å². The first-order valence-corrected chi connectivity index (χ1v) is 11.6. The van der Waals surface area contributed by atoms with E-state index in [1.165, 1.54) is 11.3 Å². The number of carbonyl (C=O) groups is 1. The van der Waals surface area contributed by atoms with Gasteiger partial charge < -0.3 is 5.32 Å². The first kappa shape index (κ1) is 20.7.